The topological polar surface area (TPSA) is 88.4 Å². The van der Waals surface area contributed by atoms with Crippen LogP contribution in [-0.2, 0) is 4.79 Å². The molecule has 8 heteroatoms. The molecule has 1 aliphatic rings. The van der Waals surface area contributed by atoms with Gasteiger partial charge in [-0.2, -0.15) is 0 Å². The lowest BCUT2D eigenvalue weighted by Crippen LogP contribution is -2.28. The van der Waals surface area contributed by atoms with E-state index in [2.05, 4.69) is 4.99 Å². The molecule has 1 amide bonds. The third-order valence-corrected chi connectivity index (χ3v) is 5.29. The van der Waals surface area contributed by atoms with Crippen LogP contribution < -0.4 is 9.47 Å². The summed E-state index contributed by atoms with van der Waals surface area (Å²) in [5.41, 5.74) is 1.11. The highest BCUT2D eigenvalue weighted by molar-refractivity contribution is 8.18. The molecule has 29 heavy (non-hydrogen) atoms. The summed E-state index contributed by atoms with van der Waals surface area (Å²) >= 11 is 1.20. The Morgan fingerprint density at radius 3 is 2.62 bits per heavy atom. The van der Waals surface area contributed by atoms with E-state index in [4.69, 9.17) is 9.47 Å². The van der Waals surface area contributed by atoms with Crippen molar-refractivity contribution >= 4 is 40.6 Å². The van der Waals surface area contributed by atoms with Gasteiger partial charge in [0.15, 0.2) is 5.17 Å². The number of rotatable bonds is 6. The average Bonchev–Trinajstić information content (AvgIpc) is 3.02. The van der Waals surface area contributed by atoms with Crippen LogP contribution in [0.4, 0.5) is 5.69 Å². The zero-order valence-electron chi connectivity index (χ0n) is 16.2. The molecular formula is C21H20N2O5S. The van der Waals surface area contributed by atoms with Crippen LogP contribution in [0, 0.1) is 0 Å². The molecule has 0 bridgehead atoms. The SMILES string of the molecule is CCN1C(=O)/C(=C/c2ccc(OC)cc2OC)SC1=Nc1ccccc1C(=O)O. The number of para-hydroxylation sites is 1. The van der Waals surface area contributed by atoms with Crippen LogP contribution in [0.5, 0.6) is 11.5 Å². The number of carbonyl (C=O) groups is 2. The summed E-state index contributed by atoms with van der Waals surface area (Å²) in [6, 6.07) is 11.8. The minimum absolute atomic E-state index is 0.0818. The van der Waals surface area contributed by atoms with Gasteiger partial charge in [-0.15, -0.1) is 0 Å². The maximum absolute atomic E-state index is 12.9. The molecule has 3 rings (SSSR count). The van der Waals surface area contributed by atoms with E-state index in [9.17, 15) is 14.7 Å². The summed E-state index contributed by atoms with van der Waals surface area (Å²) in [4.78, 5) is 30.8. The molecule has 0 radical (unpaired) electrons. The molecule has 1 fully saturated rings. The average molecular weight is 412 g/mol. The first-order valence-corrected chi connectivity index (χ1v) is 9.64. The molecule has 150 valence electrons. The summed E-state index contributed by atoms with van der Waals surface area (Å²) < 4.78 is 10.6. The first-order chi connectivity index (χ1) is 14.0. The fraction of sp³-hybridized carbons (Fsp3) is 0.190. The first-order valence-electron chi connectivity index (χ1n) is 8.83. The Morgan fingerprint density at radius 2 is 1.97 bits per heavy atom. The Hall–Kier alpha value is -3.26. The molecule has 1 heterocycles. The fourth-order valence-electron chi connectivity index (χ4n) is 2.80. The second-order valence-corrected chi connectivity index (χ2v) is 6.99. The number of aromatic carboxylic acids is 1. The van der Waals surface area contributed by atoms with Crippen molar-refractivity contribution in [2.75, 3.05) is 20.8 Å². The van der Waals surface area contributed by atoms with Gasteiger partial charge in [0.25, 0.3) is 5.91 Å². The van der Waals surface area contributed by atoms with Crippen molar-refractivity contribution in [3.05, 3.63) is 58.5 Å². The number of carbonyl (C=O) groups excluding carboxylic acids is 1. The maximum Gasteiger partial charge on any atom is 0.337 e. The Balaban J connectivity index is 2.00. The molecule has 1 N–H and O–H groups in total. The number of thioether (sulfide) groups is 1. The number of methoxy groups -OCH3 is 2. The van der Waals surface area contributed by atoms with Crippen LogP contribution in [-0.4, -0.2) is 47.8 Å². The molecule has 0 spiro atoms. The quantitative estimate of drug-likeness (QED) is 0.721. The molecule has 2 aromatic carbocycles. The summed E-state index contributed by atoms with van der Waals surface area (Å²) in [7, 11) is 3.12. The predicted octanol–water partition coefficient (Wildman–Crippen LogP) is 4.03. The van der Waals surface area contributed by atoms with Crippen molar-refractivity contribution in [1.82, 2.24) is 4.90 Å². The lowest BCUT2D eigenvalue weighted by Gasteiger charge is -2.12. The largest absolute Gasteiger partial charge is 0.497 e. The molecule has 7 nitrogen and oxygen atoms in total. The van der Waals surface area contributed by atoms with Crippen molar-refractivity contribution in [1.29, 1.82) is 0 Å². The van der Waals surface area contributed by atoms with E-state index in [0.717, 1.165) is 5.56 Å². The number of carboxylic acid groups (broad SMARTS) is 1. The molecule has 0 aliphatic carbocycles. The number of likely N-dealkylation sites (N-methyl/N-ethyl adjacent to an activating group) is 1. The fourth-order valence-corrected chi connectivity index (χ4v) is 3.85. The van der Waals surface area contributed by atoms with E-state index in [1.807, 2.05) is 13.0 Å². The summed E-state index contributed by atoms with van der Waals surface area (Å²) in [6.45, 7) is 2.25. The Morgan fingerprint density at radius 1 is 1.21 bits per heavy atom. The number of benzene rings is 2. The van der Waals surface area contributed by atoms with Gasteiger partial charge in [0, 0.05) is 18.2 Å². The maximum atomic E-state index is 12.9. The van der Waals surface area contributed by atoms with Crippen LogP contribution in [0.25, 0.3) is 6.08 Å². The van der Waals surface area contributed by atoms with E-state index >= 15 is 0 Å². The smallest absolute Gasteiger partial charge is 0.337 e. The van der Waals surface area contributed by atoms with Gasteiger partial charge in [0.1, 0.15) is 11.5 Å². The molecule has 1 aliphatic heterocycles. The second-order valence-electron chi connectivity index (χ2n) is 5.98. The number of ether oxygens (including phenoxy) is 2. The lowest BCUT2D eigenvalue weighted by molar-refractivity contribution is -0.122. The van der Waals surface area contributed by atoms with Crippen molar-refractivity contribution in [2.45, 2.75) is 6.92 Å². The van der Waals surface area contributed by atoms with Gasteiger partial charge in [0.05, 0.1) is 30.4 Å². The molecule has 0 atom stereocenters. The molecule has 0 aromatic heterocycles. The van der Waals surface area contributed by atoms with Crippen molar-refractivity contribution < 1.29 is 24.2 Å². The Kier molecular flexibility index (Phi) is 6.23. The van der Waals surface area contributed by atoms with E-state index in [-0.39, 0.29) is 11.5 Å². The van der Waals surface area contributed by atoms with Crippen LogP contribution in [0.3, 0.4) is 0 Å². The van der Waals surface area contributed by atoms with Crippen LogP contribution in [0.15, 0.2) is 52.4 Å². The number of amidine groups is 1. The number of aliphatic imine (C=N–C) groups is 1. The van der Waals surface area contributed by atoms with Crippen LogP contribution in [0.1, 0.15) is 22.8 Å². The number of carboxylic acids is 1. The number of hydrogen-bond donors (Lipinski definition) is 1. The third kappa shape index (κ3) is 4.27. The zero-order valence-corrected chi connectivity index (χ0v) is 17.0. The van der Waals surface area contributed by atoms with E-state index in [1.54, 1.807) is 50.6 Å². The van der Waals surface area contributed by atoms with Gasteiger partial charge in [-0.3, -0.25) is 9.69 Å². The second kappa shape index (κ2) is 8.83. The highest BCUT2D eigenvalue weighted by atomic mass is 32.2. The molecular weight excluding hydrogens is 392 g/mol. The van der Waals surface area contributed by atoms with Gasteiger partial charge >= 0.3 is 5.97 Å². The van der Waals surface area contributed by atoms with Gasteiger partial charge in [-0.25, -0.2) is 9.79 Å². The molecule has 0 saturated carbocycles. The summed E-state index contributed by atoms with van der Waals surface area (Å²) in [5, 5.41) is 9.80. The minimum Gasteiger partial charge on any atom is -0.497 e. The van der Waals surface area contributed by atoms with Crippen molar-refractivity contribution in [3.63, 3.8) is 0 Å². The number of hydrogen-bond acceptors (Lipinski definition) is 6. The lowest BCUT2D eigenvalue weighted by atomic mass is 10.1. The summed E-state index contributed by atoms with van der Waals surface area (Å²) in [5.74, 6) is -0.0324. The van der Waals surface area contributed by atoms with Gasteiger partial charge in [0.2, 0.25) is 0 Å². The normalized spacial score (nSPS) is 16.5. The summed E-state index contributed by atoms with van der Waals surface area (Å²) in [6.07, 6.45) is 1.74. The number of nitrogens with zero attached hydrogens (tertiary/aromatic N) is 2. The first kappa shape index (κ1) is 20.5. The van der Waals surface area contributed by atoms with E-state index < -0.39 is 5.97 Å². The highest BCUT2D eigenvalue weighted by Gasteiger charge is 2.32. The van der Waals surface area contributed by atoms with Gasteiger partial charge in [-0.1, -0.05) is 12.1 Å². The monoisotopic (exact) mass is 412 g/mol. The Labute approximate surface area is 172 Å². The van der Waals surface area contributed by atoms with E-state index in [1.165, 1.54) is 22.7 Å². The molecule has 2 aromatic rings. The van der Waals surface area contributed by atoms with Gasteiger partial charge in [-0.05, 0) is 49.0 Å². The minimum atomic E-state index is -1.07. The zero-order chi connectivity index (χ0) is 21.0. The van der Waals surface area contributed by atoms with E-state index in [0.29, 0.717) is 33.8 Å². The predicted molar refractivity (Wildman–Crippen MR) is 113 cm³/mol. The highest BCUT2D eigenvalue weighted by Crippen LogP contribution is 2.36. The Bertz CT molecular complexity index is 1020. The molecule has 0 unspecified atom stereocenters. The standard InChI is InChI=1S/C21H20N2O5S/c1-4-23-19(24)18(11-13-9-10-14(27-2)12-17(13)28-3)29-21(23)22-16-8-6-5-7-15(16)20(25)26/h5-12H,4H2,1-3H3,(H,25,26)/b18-11-,22-21?. The molecule has 1 saturated heterocycles. The van der Waals surface area contributed by atoms with Crippen LogP contribution >= 0.6 is 11.8 Å². The van der Waals surface area contributed by atoms with Crippen LogP contribution in [0.2, 0.25) is 0 Å². The number of amides is 1. The van der Waals surface area contributed by atoms with Gasteiger partial charge < -0.3 is 14.6 Å². The van der Waals surface area contributed by atoms with Crippen molar-refractivity contribution in [2.24, 2.45) is 4.99 Å². The third-order valence-electron chi connectivity index (χ3n) is 4.28. The van der Waals surface area contributed by atoms with Crippen molar-refractivity contribution in [3.8, 4) is 11.5 Å².